The third kappa shape index (κ3) is 4.26. The molecule has 1 aliphatic carbocycles. The summed E-state index contributed by atoms with van der Waals surface area (Å²) < 4.78 is 6.99. The molecule has 0 unspecified atom stereocenters. The number of hydrogen-bond acceptors (Lipinski definition) is 6. The summed E-state index contributed by atoms with van der Waals surface area (Å²) in [6.45, 7) is 0. The van der Waals surface area contributed by atoms with Crippen LogP contribution in [0.5, 0.6) is 5.75 Å². The number of para-hydroxylation sites is 1. The van der Waals surface area contributed by atoms with Gasteiger partial charge in [0.15, 0.2) is 11.5 Å². The van der Waals surface area contributed by atoms with Gasteiger partial charge in [-0.2, -0.15) is 5.10 Å². The molecule has 5 aromatic heterocycles. The average Bonchev–Trinajstić information content (AvgIpc) is 3.66. The first-order valence-electron chi connectivity index (χ1n) is 12.4. The molecule has 0 aliphatic heterocycles. The number of benzene rings is 1. The number of thiophene rings is 1. The molecular weight excluding hydrogens is 504 g/mol. The topological polar surface area (TPSA) is 92.4 Å². The van der Waals surface area contributed by atoms with Crippen molar-refractivity contribution in [2.75, 3.05) is 0 Å². The van der Waals surface area contributed by atoms with Gasteiger partial charge in [0.1, 0.15) is 11.3 Å². The van der Waals surface area contributed by atoms with Crippen molar-refractivity contribution in [2.45, 2.75) is 38.2 Å². The first kappa shape index (κ1) is 22.4. The van der Waals surface area contributed by atoms with E-state index in [2.05, 4.69) is 26.2 Å². The lowest BCUT2D eigenvalue weighted by Gasteiger charge is -2.22. The fourth-order valence-corrected chi connectivity index (χ4v) is 6.10. The van der Waals surface area contributed by atoms with Gasteiger partial charge in [0.25, 0.3) is 0 Å². The smallest absolute Gasteiger partial charge is 0.161 e. The Hall–Kier alpha value is -3.75. The van der Waals surface area contributed by atoms with Gasteiger partial charge in [-0.05, 0) is 62.1 Å². The molecule has 0 spiro atoms. The molecule has 1 saturated carbocycles. The Morgan fingerprint density at radius 3 is 2.70 bits per heavy atom. The summed E-state index contributed by atoms with van der Waals surface area (Å²) in [6, 6.07) is 16.0. The molecule has 1 aromatic carbocycles. The van der Waals surface area contributed by atoms with Crippen LogP contribution in [0.3, 0.4) is 0 Å². The summed E-state index contributed by atoms with van der Waals surface area (Å²) in [5, 5.41) is 7.65. The standard InChI is InChI=1S/C28H23ClN6OS/c29-24-12-11-23(37-24)19-7-4-8-21-25(19)33-28(32-21)27-26-22(34-35-27)10-9-20(31-26)16-13-18(15-30-14-16)36-17-5-2-1-3-6-17/h4,7-15,17H,1-3,5-6H2,(H,32,33)(H,34,35). The predicted molar refractivity (Wildman–Crippen MR) is 148 cm³/mol. The SMILES string of the molecule is Clc1ccc(-c2cccc3[nH]c(-c4n[nH]c5ccc(-c6cncc(OC7CCCCC7)c6)nc45)nc23)s1. The molecule has 5 heterocycles. The number of nitrogens with one attached hydrogen (secondary N) is 2. The molecule has 0 atom stereocenters. The van der Waals surface area contributed by atoms with E-state index in [4.69, 9.17) is 26.3 Å². The number of halogens is 1. The van der Waals surface area contributed by atoms with Crippen molar-refractivity contribution in [1.82, 2.24) is 30.1 Å². The lowest BCUT2D eigenvalue weighted by Crippen LogP contribution is -2.19. The van der Waals surface area contributed by atoms with Gasteiger partial charge in [-0.1, -0.05) is 30.2 Å². The molecule has 0 saturated heterocycles. The number of hydrogen-bond donors (Lipinski definition) is 2. The highest BCUT2D eigenvalue weighted by molar-refractivity contribution is 7.19. The Morgan fingerprint density at radius 2 is 1.84 bits per heavy atom. The van der Waals surface area contributed by atoms with Gasteiger partial charge in [-0.15, -0.1) is 11.3 Å². The normalized spacial score (nSPS) is 14.5. The van der Waals surface area contributed by atoms with E-state index in [1.807, 2.05) is 48.7 Å². The number of imidazole rings is 1. The Morgan fingerprint density at radius 1 is 0.919 bits per heavy atom. The molecule has 6 aromatic rings. The van der Waals surface area contributed by atoms with Crippen LogP contribution in [0.25, 0.3) is 55.3 Å². The fourth-order valence-electron chi connectivity index (χ4n) is 5.03. The van der Waals surface area contributed by atoms with Gasteiger partial charge in [-0.3, -0.25) is 10.1 Å². The first-order chi connectivity index (χ1) is 18.2. The summed E-state index contributed by atoms with van der Waals surface area (Å²) in [6.07, 6.45) is 9.83. The van der Waals surface area contributed by atoms with Crippen molar-refractivity contribution in [3.8, 4) is 39.0 Å². The zero-order valence-electron chi connectivity index (χ0n) is 19.9. The van der Waals surface area contributed by atoms with Crippen LogP contribution < -0.4 is 4.74 Å². The van der Waals surface area contributed by atoms with Gasteiger partial charge < -0.3 is 9.72 Å². The van der Waals surface area contributed by atoms with Crippen LogP contribution in [0.2, 0.25) is 4.34 Å². The van der Waals surface area contributed by atoms with Gasteiger partial charge in [-0.25, -0.2) is 9.97 Å². The minimum absolute atomic E-state index is 0.268. The van der Waals surface area contributed by atoms with Crippen LogP contribution in [0.1, 0.15) is 32.1 Å². The minimum atomic E-state index is 0.268. The Bertz CT molecular complexity index is 1730. The number of fused-ring (bicyclic) bond motifs is 2. The highest BCUT2D eigenvalue weighted by atomic mass is 35.5. The van der Waals surface area contributed by atoms with Crippen molar-refractivity contribution in [1.29, 1.82) is 0 Å². The maximum Gasteiger partial charge on any atom is 0.161 e. The van der Waals surface area contributed by atoms with E-state index in [-0.39, 0.29) is 6.10 Å². The highest BCUT2D eigenvalue weighted by Crippen LogP contribution is 2.36. The van der Waals surface area contributed by atoms with E-state index in [0.29, 0.717) is 11.5 Å². The van der Waals surface area contributed by atoms with Gasteiger partial charge >= 0.3 is 0 Å². The van der Waals surface area contributed by atoms with Crippen molar-refractivity contribution >= 4 is 45.0 Å². The number of rotatable bonds is 5. The Balaban J connectivity index is 1.26. The molecular formula is C28H23ClN6OS. The molecule has 7 rings (SSSR count). The maximum absolute atomic E-state index is 6.23. The third-order valence-electron chi connectivity index (χ3n) is 6.85. The molecule has 7 nitrogen and oxygen atoms in total. The largest absolute Gasteiger partial charge is 0.489 e. The second kappa shape index (κ2) is 9.28. The van der Waals surface area contributed by atoms with E-state index in [1.165, 1.54) is 30.6 Å². The number of H-pyrrole nitrogens is 2. The molecule has 0 radical (unpaired) electrons. The minimum Gasteiger partial charge on any atom is -0.489 e. The van der Waals surface area contributed by atoms with Crippen LogP contribution in [-0.4, -0.2) is 36.2 Å². The summed E-state index contributed by atoms with van der Waals surface area (Å²) in [5.41, 5.74) is 6.81. The van der Waals surface area contributed by atoms with Crippen molar-refractivity contribution in [2.24, 2.45) is 0 Å². The van der Waals surface area contributed by atoms with Gasteiger partial charge in [0, 0.05) is 22.2 Å². The highest BCUT2D eigenvalue weighted by Gasteiger charge is 2.18. The van der Waals surface area contributed by atoms with Crippen LogP contribution in [0.15, 0.2) is 60.9 Å². The zero-order chi connectivity index (χ0) is 24.8. The van der Waals surface area contributed by atoms with Gasteiger partial charge in [0.2, 0.25) is 0 Å². The molecule has 0 bridgehead atoms. The number of nitrogens with zero attached hydrogens (tertiary/aromatic N) is 4. The van der Waals surface area contributed by atoms with E-state index in [1.54, 1.807) is 6.20 Å². The summed E-state index contributed by atoms with van der Waals surface area (Å²) in [7, 11) is 0. The van der Waals surface area contributed by atoms with Crippen molar-refractivity contribution < 1.29 is 4.74 Å². The quantitative estimate of drug-likeness (QED) is 0.240. The van der Waals surface area contributed by atoms with Crippen molar-refractivity contribution in [3.63, 3.8) is 0 Å². The maximum atomic E-state index is 6.23. The second-order valence-corrected chi connectivity index (χ2v) is 11.1. The Labute approximate surface area is 221 Å². The van der Waals surface area contributed by atoms with Gasteiger partial charge in [0.05, 0.1) is 38.9 Å². The summed E-state index contributed by atoms with van der Waals surface area (Å²) in [4.78, 5) is 18.8. The molecule has 2 N–H and O–H groups in total. The molecule has 1 fully saturated rings. The van der Waals surface area contributed by atoms with E-state index in [0.717, 1.165) is 66.7 Å². The molecule has 184 valence electrons. The van der Waals surface area contributed by atoms with Crippen LogP contribution >= 0.6 is 22.9 Å². The number of aromatic nitrogens is 6. The predicted octanol–water partition coefficient (Wildman–Crippen LogP) is 7.66. The lowest BCUT2D eigenvalue weighted by molar-refractivity contribution is 0.154. The Kier molecular flexibility index (Phi) is 5.63. The van der Waals surface area contributed by atoms with Crippen LogP contribution in [-0.2, 0) is 0 Å². The molecule has 37 heavy (non-hydrogen) atoms. The van der Waals surface area contributed by atoms with E-state index in [9.17, 15) is 0 Å². The zero-order valence-corrected chi connectivity index (χ0v) is 21.4. The van der Waals surface area contributed by atoms with E-state index >= 15 is 0 Å². The second-order valence-electron chi connectivity index (χ2n) is 9.34. The van der Waals surface area contributed by atoms with E-state index < -0.39 is 0 Å². The average molecular weight is 527 g/mol. The van der Waals surface area contributed by atoms with Crippen LogP contribution in [0, 0.1) is 0 Å². The van der Waals surface area contributed by atoms with Crippen molar-refractivity contribution in [3.05, 3.63) is 65.3 Å². The molecule has 0 amide bonds. The number of ether oxygens (including phenoxy) is 1. The fraction of sp³-hybridized carbons (Fsp3) is 0.214. The first-order valence-corrected chi connectivity index (χ1v) is 13.6. The summed E-state index contributed by atoms with van der Waals surface area (Å²) in [5.74, 6) is 1.45. The number of aromatic amines is 2. The monoisotopic (exact) mass is 526 g/mol. The number of pyridine rings is 2. The summed E-state index contributed by atoms with van der Waals surface area (Å²) >= 11 is 7.73. The van der Waals surface area contributed by atoms with Crippen LogP contribution in [0.4, 0.5) is 0 Å². The molecule has 1 aliphatic rings. The lowest BCUT2D eigenvalue weighted by atomic mass is 9.98. The third-order valence-corrected chi connectivity index (χ3v) is 8.11. The molecule has 9 heteroatoms.